The summed E-state index contributed by atoms with van der Waals surface area (Å²) in [6.45, 7) is 1.34. The highest BCUT2D eigenvalue weighted by atomic mass is 35.5. The number of nitrogens with one attached hydrogen (secondary N) is 1. The van der Waals surface area contributed by atoms with E-state index in [2.05, 4.69) is 5.32 Å². The predicted octanol–water partition coefficient (Wildman–Crippen LogP) is 3.08. The maximum absolute atomic E-state index is 12.2. The summed E-state index contributed by atoms with van der Waals surface area (Å²) in [4.78, 5) is 12.2. The lowest BCUT2D eigenvalue weighted by Crippen LogP contribution is -2.33. The third kappa shape index (κ3) is 3.87. The Morgan fingerprint density at radius 1 is 1.32 bits per heavy atom. The number of fused-ring (bicyclic) bond motifs is 1. The molecule has 1 aliphatic rings. The Morgan fingerprint density at radius 3 is 3.00 bits per heavy atom. The average molecular weight is 282 g/mol. The summed E-state index contributed by atoms with van der Waals surface area (Å²) < 4.78 is 5.57. The van der Waals surface area contributed by atoms with Crippen LogP contribution >= 0.6 is 11.6 Å². The van der Waals surface area contributed by atoms with E-state index in [0.29, 0.717) is 12.5 Å². The van der Waals surface area contributed by atoms with Crippen molar-refractivity contribution >= 4 is 17.5 Å². The van der Waals surface area contributed by atoms with Crippen molar-refractivity contribution in [2.75, 3.05) is 19.0 Å². The number of ether oxygens (including phenoxy) is 1. The lowest BCUT2D eigenvalue weighted by atomic mass is 9.92. The minimum atomic E-state index is -0.0713. The number of halogens is 1. The predicted molar refractivity (Wildman–Crippen MR) is 76.9 cm³/mol. The van der Waals surface area contributed by atoms with Crippen LogP contribution in [0.4, 0.5) is 0 Å². The SMILES string of the molecule is O=C(NCCCCCCl)C1CCOc2ccccc21. The van der Waals surface area contributed by atoms with Crippen LogP contribution in [0.25, 0.3) is 0 Å². The van der Waals surface area contributed by atoms with Gasteiger partial charge in [0.2, 0.25) is 5.91 Å². The Labute approximate surface area is 119 Å². The van der Waals surface area contributed by atoms with Crippen LogP contribution in [-0.2, 0) is 4.79 Å². The van der Waals surface area contributed by atoms with Crippen LogP contribution in [0, 0.1) is 0 Å². The minimum absolute atomic E-state index is 0.0713. The van der Waals surface area contributed by atoms with Gasteiger partial charge in [-0.1, -0.05) is 24.6 Å². The third-order valence-electron chi connectivity index (χ3n) is 3.38. The van der Waals surface area contributed by atoms with Gasteiger partial charge >= 0.3 is 0 Å². The number of carbonyl (C=O) groups is 1. The van der Waals surface area contributed by atoms with E-state index in [1.165, 1.54) is 0 Å². The molecule has 1 unspecified atom stereocenters. The second kappa shape index (κ2) is 7.39. The molecule has 1 N–H and O–H groups in total. The average Bonchev–Trinajstić information content (AvgIpc) is 2.46. The summed E-state index contributed by atoms with van der Waals surface area (Å²) in [6, 6.07) is 7.79. The number of alkyl halides is 1. The highest BCUT2D eigenvalue weighted by Gasteiger charge is 2.26. The summed E-state index contributed by atoms with van der Waals surface area (Å²) in [6.07, 6.45) is 3.82. The topological polar surface area (TPSA) is 38.3 Å². The molecule has 0 radical (unpaired) electrons. The van der Waals surface area contributed by atoms with Crippen LogP contribution in [0.3, 0.4) is 0 Å². The Hall–Kier alpha value is -1.22. The number of hydrogen-bond donors (Lipinski definition) is 1. The first kappa shape index (κ1) is 14.2. The van der Waals surface area contributed by atoms with E-state index in [4.69, 9.17) is 16.3 Å². The van der Waals surface area contributed by atoms with Gasteiger partial charge in [-0.3, -0.25) is 4.79 Å². The highest BCUT2D eigenvalue weighted by molar-refractivity contribution is 6.17. The van der Waals surface area contributed by atoms with Crippen molar-refractivity contribution in [3.8, 4) is 5.75 Å². The summed E-state index contributed by atoms with van der Waals surface area (Å²) in [7, 11) is 0. The van der Waals surface area contributed by atoms with Crippen LogP contribution in [0.15, 0.2) is 24.3 Å². The van der Waals surface area contributed by atoms with Crippen LogP contribution < -0.4 is 10.1 Å². The molecule has 1 aromatic rings. The molecule has 0 saturated carbocycles. The van der Waals surface area contributed by atoms with Crippen LogP contribution in [0.2, 0.25) is 0 Å². The zero-order valence-corrected chi connectivity index (χ0v) is 11.8. The molecule has 1 aliphatic heterocycles. The number of hydrogen-bond acceptors (Lipinski definition) is 2. The van der Waals surface area contributed by atoms with Crippen LogP contribution in [-0.4, -0.2) is 24.9 Å². The first-order valence-electron chi connectivity index (χ1n) is 6.88. The molecule has 0 spiro atoms. The van der Waals surface area contributed by atoms with Crippen molar-refractivity contribution < 1.29 is 9.53 Å². The van der Waals surface area contributed by atoms with E-state index in [9.17, 15) is 4.79 Å². The first-order valence-corrected chi connectivity index (χ1v) is 7.42. The fraction of sp³-hybridized carbons (Fsp3) is 0.533. The summed E-state index contributed by atoms with van der Waals surface area (Å²) in [5.41, 5.74) is 1.01. The van der Waals surface area contributed by atoms with Gasteiger partial charge in [-0.25, -0.2) is 0 Å². The highest BCUT2D eigenvalue weighted by Crippen LogP contribution is 2.33. The molecular formula is C15H20ClNO2. The standard InChI is InChI=1S/C15H20ClNO2/c16-9-4-1-5-10-17-15(18)13-8-11-19-14-7-3-2-6-12(13)14/h2-3,6-7,13H,1,4-5,8-11H2,(H,17,18). The maximum atomic E-state index is 12.2. The fourth-order valence-corrected chi connectivity index (χ4v) is 2.53. The Morgan fingerprint density at radius 2 is 2.16 bits per heavy atom. The Kier molecular flexibility index (Phi) is 5.52. The largest absolute Gasteiger partial charge is 0.493 e. The van der Waals surface area contributed by atoms with Crippen molar-refractivity contribution in [1.29, 1.82) is 0 Å². The normalized spacial score (nSPS) is 17.4. The molecular weight excluding hydrogens is 262 g/mol. The number of rotatable bonds is 6. The first-order chi connectivity index (χ1) is 9.33. The zero-order valence-electron chi connectivity index (χ0n) is 11.0. The van der Waals surface area contributed by atoms with E-state index >= 15 is 0 Å². The Bertz CT molecular complexity index is 422. The lowest BCUT2D eigenvalue weighted by Gasteiger charge is -2.25. The second-order valence-corrected chi connectivity index (χ2v) is 5.15. The van der Waals surface area contributed by atoms with E-state index in [0.717, 1.165) is 43.5 Å². The van der Waals surface area contributed by atoms with Gasteiger partial charge in [-0.2, -0.15) is 0 Å². The molecule has 0 aromatic heterocycles. The molecule has 2 rings (SSSR count). The monoisotopic (exact) mass is 281 g/mol. The molecule has 1 aromatic carbocycles. The number of benzene rings is 1. The van der Waals surface area contributed by atoms with Gasteiger partial charge < -0.3 is 10.1 Å². The number of para-hydroxylation sites is 1. The maximum Gasteiger partial charge on any atom is 0.227 e. The molecule has 1 amide bonds. The molecule has 3 nitrogen and oxygen atoms in total. The fourth-order valence-electron chi connectivity index (χ4n) is 2.35. The Balaban J connectivity index is 1.86. The molecule has 1 atom stereocenters. The van der Waals surface area contributed by atoms with Gasteiger partial charge in [0.25, 0.3) is 0 Å². The lowest BCUT2D eigenvalue weighted by molar-refractivity contribution is -0.123. The molecule has 104 valence electrons. The molecule has 0 fully saturated rings. The number of carbonyl (C=O) groups excluding carboxylic acids is 1. The zero-order chi connectivity index (χ0) is 13.5. The summed E-state index contributed by atoms with van der Waals surface area (Å²) in [5, 5.41) is 3.01. The van der Waals surface area contributed by atoms with E-state index in [1.54, 1.807) is 0 Å². The van der Waals surface area contributed by atoms with Crippen molar-refractivity contribution in [1.82, 2.24) is 5.32 Å². The van der Waals surface area contributed by atoms with Crippen molar-refractivity contribution in [3.63, 3.8) is 0 Å². The molecule has 19 heavy (non-hydrogen) atoms. The summed E-state index contributed by atoms with van der Waals surface area (Å²) in [5.74, 6) is 1.58. The minimum Gasteiger partial charge on any atom is -0.493 e. The van der Waals surface area contributed by atoms with Crippen LogP contribution in [0.5, 0.6) is 5.75 Å². The van der Waals surface area contributed by atoms with Crippen molar-refractivity contribution in [3.05, 3.63) is 29.8 Å². The molecule has 1 heterocycles. The van der Waals surface area contributed by atoms with Gasteiger partial charge in [-0.15, -0.1) is 11.6 Å². The van der Waals surface area contributed by atoms with Gasteiger partial charge in [-0.05, 0) is 25.3 Å². The van der Waals surface area contributed by atoms with E-state index < -0.39 is 0 Å². The quantitative estimate of drug-likeness (QED) is 0.643. The van der Waals surface area contributed by atoms with Gasteiger partial charge in [0.05, 0.1) is 12.5 Å². The van der Waals surface area contributed by atoms with Gasteiger partial charge in [0.15, 0.2) is 0 Å². The molecule has 0 bridgehead atoms. The van der Waals surface area contributed by atoms with Crippen molar-refractivity contribution in [2.24, 2.45) is 0 Å². The van der Waals surface area contributed by atoms with E-state index in [1.807, 2.05) is 24.3 Å². The third-order valence-corrected chi connectivity index (χ3v) is 3.65. The van der Waals surface area contributed by atoms with Gasteiger partial charge in [0, 0.05) is 18.0 Å². The summed E-state index contributed by atoms with van der Waals surface area (Å²) >= 11 is 5.62. The van der Waals surface area contributed by atoms with E-state index in [-0.39, 0.29) is 11.8 Å². The molecule has 0 aliphatic carbocycles. The van der Waals surface area contributed by atoms with Gasteiger partial charge in [0.1, 0.15) is 5.75 Å². The number of unbranched alkanes of at least 4 members (excludes halogenated alkanes) is 2. The second-order valence-electron chi connectivity index (χ2n) is 4.77. The molecule has 4 heteroatoms. The molecule has 0 saturated heterocycles. The van der Waals surface area contributed by atoms with Crippen molar-refractivity contribution in [2.45, 2.75) is 31.6 Å². The van der Waals surface area contributed by atoms with Crippen LogP contribution in [0.1, 0.15) is 37.2 Å². The number of amides is 1. The smallest absolute Gasteiger partial charge is 0.227 e.